The van der Waals surface area contributed by atoms with Gasteiger partial charge in [0.1, 0.15) is 0 Å². The van der Waals surface area contributed by atoms with E-state index < -0.39 is 0 Å². The lowest BCUT2D eigenvalue weighted by Gasteiger charge is -2.40. The Labute approximate surface area is 86.9 Å². The molecule has 1 N–H and O–H groups in total. The molecule has 2 unspecified atom stereocenters. The van der Waals surface area contributed by atoms with Crippen molar-refractivity contribution in [2.24, 2.45) is 17.3 Å². The van der Waals surface area contributed by atoms with Crippen LogP contribution in [0.3, 0.4) is 0 Å². The summed E-state index contributed by atoms with van der Waals surface area (Å²) in [5.74, 6) is 1.94. The van der Waals surface area contributed by atoms with E-state index in [1.165, 1.54) is 44.9 Å². The monoisotopic (exact) mass is 194 g/mol. The standard InChI is InChI=1S/C13H22O/c14-12-3-1-2-11(8-12)13-6-4-10(9-13)5-7-13/h10-12,14H,1-9H2. The number of rotatable bonds is 1. The molecule has 80 valence electrons. The lowest BCUT2D eigenvalue weighted by molar-refractivity contribution is 0.0393. The molecule has 1 heteroatoms. The van der Waals surface area contributed by atoms with Crippen molar-refractivity contribution in [1.29, 1.82) is 0 Å². The minimum Gasteiger partial charge on any atom is -0.393 e. The van der Waals surface area contributed by atoms with Gasteiger partial charge in [-0.05, 0) is 68.6 Å². The van der Waals surface area contributed by atoms with E-state index in [0.717, 1.165) is 24.7 Å². The highest BCUT2D eigenvalue weighted by Gasteiger charge is 2.49. The van der Waals surface area contributed by atoms with Gasteiger partial charge in [-0.2, -0.15) is 0 Å². The number of aliphatic hydroxyl groups excluding tert-OH is 1. The van der Waals surface area contributed by atoms with Crippen LogP contribution in [0, 0.1) is 17.3 Å². The van der Waals surface area contributed by atoms with Crippen molar-refractivity contribution in [3.63, 3.8) is 0 Å². The topological polar surface area (TPSA) is 20.2 Å². The van der Waals surface area contributed by atoms with Crippen LogP contribution in [0.2, 0.25) is 0 Å². The van der Waals surface area contributed by atoms with Crippen molar-refractivity contribution in [2.75, 3.05) is 0 Å². The molecule has 0 aromatic rings. The Morgan fingerprint density at radius 2 is 1.79 bits per heavy atom. The second kappa shape index (κ2) is 3.23. The third-order valence-electron chi connectivity index (χ3n) is 5.31. The molecule has 0 spiro atoms. The van der Waals surface area contributed by atoms with Crippen molar-refractivity contribution >= 4 is 0 Å². The molecule has 0 heterocycles. The van der Waals surface area contributed by atoms with Gasteiger partial charge in [0, 0.05) is 0 Å². The maximum absolute atomic E-state index is 9.76. The Hall–Kier alpha value is -0.0400. The van der Waals surface area contributed by atoms with Crippen LogP contribution in [0.15, 0.2) is 0 Å². The summed E-state index contributed by atoms with van der Waals surface area (Å²) in [4.78, 5) is 0. The molecule has 0 radical (unpaired) electrons. The summed E-state index contributed by atoms with van der Waals surface area (Å²) in [6.07, 6.45) is 12.3. The number of aliphatic hydroxyl groups is 1. The van der Waals surface area contributed by atoms with Gasteiger partial charge in [0.15, 0.2) is 0 Å². The zero-order valence-corrected chi connectivity index (χ0v) is 9.04. The van der Waals surface area contributed by atoms with Gasteiger partial charge >= 0.3 is 0 Å². The SMILES string of the molecule is OC1CCCC(C23CCC(CC2)C3)C1. The predicted octanol–water partition coefficient (Wildman–Crippen LogP) is 3.12. The molecule has 2 atom stereocenters. The van der Waals surface area contributed by atoms with E-state index >= 15 is 0 Å². The fourth-order valence-corrected chi connectivity index (χ4v) is 4.53. The summed E-state index contributed by atoms with van der Waals surface area (Å²) in [5.41, 5.74) is 0.700. The molecular weight excluding hydrogens is 172 g/mol. The highest BCUT2D eigenvalue weighted by atomic mass is 16.3. The van der Waals surface area contributed by atoms with Gasteiger partial charge in [-0.3, -0.25) is 0 Å². The maximum atomic E-state index is 9.76. The average Bonchev–Trinajstić information content (AvgIpc) is 2.78. The van der Waals surface area contributed by atoms with Crippen molar-refractivity contribution in [2.45, 2.75) is 63.9 Å². The molecule has 3 aliphatic carbocycles. The molecule has 3 rings (SSSR count). The van der Waals surface area contributed by atoms with E-state index in [2.05, 4.69) is 0 Å². The van der Waals surface area contributed by atoms with Gasteiger partial charge in [-0.25, -0.2) is 0 Å². The van der Waals surface area contributed by atoms with Crippen molar-refractivity contribution in [1.82, 2.24) is 0 Å². The van der Waals surface area contributed by atoms with Crippen molar-refractivity contribution < 1.29 is 5.11 Å². The normalized spacial score (nSPS) is 52.5. The number of hydrogen-bond donors (Lipinski definition) is 1. The molecule has 14 heavy (non-hydrogen) atoms. The van der Waals surface area contributed by atoms with Gasteiger partial charge in [-0.15, -0.1) is 0 Å². The van der Waals surface area contributed by atoms with Crippen LogP contribution in [0.5, 0.6) is 0 Å². The van der Waals surface area contributed by atoms with Crippen LogP contribution in [0.1, 0.15) is 57.8 Å². The molecule has 0 saturated heterocycles. The first kappa shape index (κ1) is 9.21. The van der Waals surface area contributed by atoms with Gasteiger partial charge in [-0.1, -0.05) is 6.42 Å². The zero-order valence-electron chi connectivity index (χ0n) is 9.04. The van der Waals surface area contributed by atoms with Crippen molar-refractivity contribution in [3.8, 4) is 0 Å². The molecule has 1 nitrogen and oxygen atoms in total. The summed E-state index contributed by atoms with van der Waals surface area (Å²) < 4.78 is 0. The van der Waals surface area contributed by atoms with Gasteiger partial charge in [0.2, 0.25) is 0 Å². The Balaban J connectivity index is 1.74. The largest absolute Gasteiger partial charge is 0.393 e. The van der Waals surface area contributed by atoms with E-state index in [0.29, 0.717) is 5.41 Å². The average molecular weight is 194 g/mol. The maximum Gasteiger partial charge on any atom is 0.0543 e. The van der Waals surface area contributed by atoms with Crippen LogP contribution in [0.4, 0.5) is 0 Å². The molecule has 0 aliphatic heterocycles. The lowest BCUT2D eigenvalue weighted by Crippen LogP contribution is -2.32. The molecule has 3 saturated carbocycles. The second-order valence-corrected chi connectivity index (χ2v) is 6.03. The molecular formula is C13H22O. The Morgan fingerprint density at radius 3 is 2.36 bits per heavy atom. The van der Waals surface area contributed by atoms with Gasteiger partial charge < -0.3 is 5.11 Å². The summed E-state index contributed by atoms with van der Waals surface area (Å²) in [6, 6.07) is 0. The molecule has 0 aromatic carbocycles. The van der Waals surface area contributed by atoms with Gasteiger partial charge in [0.05, 0.1) is 6.10 Å². The Bertz CT molecular complexity index is 215. The minimum atomic E-state index is 0.0303. The Kier molecular flexibility index (Phi) is 2.12. The highest BCUT2D eigenvalue weighted by molar-refractivity contribution is 5.00. The summed E-state index contributed by atoms with van der Waals surface area (Å²) in [5, 5.41) is 9.76. The molecule has 3 fully saturated rings. The smallest absolute Gasteiger partial charge is 0.0543 e. The van der Waals surface area contributed by atoms with Gasteiger partial charge in [0.25, 0.3) is 0 Å². The number of hydrogen-bond acceptors (Lipinski definition) is 1. The fourth-order valence-electron chi connectivity index (χ4n) is 4.53. The molecule has 2 bridgehead atoms. The van der Waals surface area contributed by atoms with E-state index in [4.69, 9.17) is 0 Å². The predicted molar refractivity (Wildman–Crippen MR) is 57.0 cm³/mol. The number of fused-ring (bicyclic) bond motifs is 2. The summed E-state index contributed by atoms with van der Waals surface area (Å²) >= 11 is 0. The lowest BCUT2D eigenvalue weighted by atomic mass is 9.66. The van der Waals surface area contributed by atoms with Crippen LogP contribution in [0.25, 0.3) is 0 Å². The summed E-state index contributed by atoms with van der Waals surface area (Å²) in [7, 11) is 0. The zero-order chi connectivity index (χ0) is 9.60. The van der Waals surface area contributed by atoms with Crippen LogP contribution >= 0.6 is 0 Å². The highest BCUT2D eigenvalue weighted by Crippen LogP contribution is 2.60. The quantitative estimate of drug-likeness (QED) is 0.680. The third kappa shape index (κ3) is 1.32. The molecule has 3 aliphatic rings. The van der Waals surface area contributed by atoms with E-state index in [9.17, 15) is 5.11 Å². The second-order valence-electron chi connectivity index (χ2n) is 6.03. The molecule has 0 amide bonds. The van der Waals surface area contributed by atoms with E-state index in [-0.39, 0.29) is 6.10 Å². The first-order valence-electron chi connectivity index (χ1n) is 6.47. The third-order valence-corrected chi connectivity index (χ3v) is 5.31. The van der Waals surface area contributed by atoms with Crippen LogP contribution in [-0.2, 0) is 0 Å². The fraction of sp³-hybridized carbons (Fsp3) is 1.00. The van der Waals surface area contributed by atoms with Crippen molar-refractivity contribution in [3.05, 3.63) is 0 Å². The summed E-state index contributed by atoms with van der Waals surface area (Å²) in [6.45, 7) is 0. The Morgan fingerprint density at radius 1 is 1.00 bits per heavy atom. The van der Waals surface area contributed by atoms with Crippen LogP contribution < -0.4 is 0 Å². The first-order chi connectivity index (χ1) is 6.78. The van der Waals surface area contributed by atoms with Crippen LogP contribution in [-0.4, -0.2) is 11.2 Å². The van der Waals surface area contributed by atoms with E-state index in [1.807, 2.05) is 0 Å². The molecule has 0 aromatic heterocycles. The van der Waals surface area contributed by atoms with E-state index in [1.54, 1.807) is 0 Å². The minimum absolute atomic E-state index is 0.0303. The first-order valence-corrected chi connectivity index (χ1v) is 6.47.